The Labute approximate surface area is 80.7 Å². The molecule has 0 aromatic heterocycles. The van der Waals surface area contributed by atoms with Gasteiger partial charge in [0.15, 0.2) is 0 Å². The Morgan fingerprint density at radius 2 is 2.00 bits per heavy atom. The van der Waals surface area contributed by atoms with E-state index in [1.165, 1.54) is 0 Å². The van der Waals surface area contributed by atoms with Gasteiger partial charge in [0, 0.05) is 6.04 Å². The third kappa shape index (κ3) is 3.38. The first kappa shape index (κ1) is 11.0. The summed E-state index contributed by atoms with van der Waals surface area (Å²) in [7, 11) is 0. The molecular weight excluding hydrogens is 191 g/mol. The van der Waals surface area contributed by atoms with Crippen LogP contribution in [0.1, 0.15) is 23.6 Å². The minimum atomic E-state index is -4.21. The maximum absolute atomic E-state index is 12.0. The molecule has 0 spiro atoms. The largest absolute Gasteiger partial charge is 0.390 e. The topological polar surface area (TPSA) is 26.0 Å². The summed E-state index contributed by atoms with van der Waals surface area (Å²) >= 11 is 0. The number of rotatable bonds is 2. The fourth-order valence-corrected chi connectivity index (χ4v) is 1.27. The van der Waals surface area contributed by atoms with E-state index in [1.807, 2.05) is 13.0 Å². The minimum Gasteiger partial charge on any atom is -0.324 e. The van der Waals surface area contributed by atoms with Gasteiger partial charge in [-0.15, -0.1) is 0 Å². The first-order chi connectivity index (χ1) is 6.38. The van der Waals surface area contributed by atoms with E-state index in [-0.39, 0.29) is 0 Å². The van der Waals surface area contributed by atoms with Crippen molar-refractivity contribution in [1.29, 1.82) is 0 Å². The molecule has 4 heteroatoms. The third-order valence-electron chi connectivity index (χ3n) is 1.92. The normalized spacial score (nSPS) is 14.1. The summed E-state index contributed by atoms with van der Waals surface area (Å²) in [6.07, 6.45) is -5.18. The summed E-state index contributed by atoms with van der Waals surface area (Å²) in [6.45, 7) is 1.82. The molecule has 0 saturated heterocycles. The van der Waals surface area contributed by atoms with Crippen LogP contribution in [0.2, 0.25) is 0 Å². The minimum absolute atomic E-state index is 0.530. The van der Waals surface area contributed by atoms with Crippen LogP contribution in [-0.4, -0.2) is 6.18 Å². The molecule has 1 nitrogen and oxygen atoms in total. The lowest BCUT2D eigenvalue weighted by molar-refractivity contribution is -0.138. The van der Waals surface area contributed by atoms with Gasteiger partial charge in [-0.25, -0.2) is 0 Å². The lowest BCUT2D eigenvalue weighted by Gasteiger charge is -2.14. The van der Waals surface area contributed by atoms with E-state index in [1.54, 1.807) is 18.2 Å². The van der Waals surface area contributed by atoms with E-state index in [0.717, 1.165) is 5.56 Å². The van der Waals surface area contributed by atoms with Gasteiger partial charge in [-0.1, -0.05) is 29.8 Å². The second kappa shape index (κ2) is 4.00. The fourth-order valence-electron chi connectivity index (χ4n) is 1.27. The van der Waals surface area contributed by atoms with Crippen molar-refractivity contribution in [1.82, 2.24) is 0 Å². The molecule has 14 heavy (non-hydrogen) atoms. The average Bonchev–Trinajstić information content (AvgIpc) is 2.01. The first-order valence-corrected chi connectivity index (χ1v) is 4.27. The molecule has 0 aliphatic heterocycles. The van der Waals surface area contributed by atoms with Gasteiger partial charge in [0.25, 0.3) is 0 Å². The summed E-state index contributed by atoms with van der Waals surface area (Å²) in [6, 6.07) is 5.86. The predicted octanol–water partition coefficient (Wildman–Crippen LogP) is 2.95. The SMILES string of the molecule is Cc1cccc([C@H](N)CC(F)(F)F)c1. The van der Waals surface area contributed by atoms with Crippen molar-refractivity contribution in [3.63, 3.8) is 0 Å². The molecule has 0 fully saturated rings. The van der Waals surface area contributed by atoms with Crippen LogP contribution in [-0.2, 0) is 0 Å². The molecule has 1 aromatic carbocycles. The number of halogens is 3. The van der Waals surface area contributed by atoms with Gasteiger partial charge >= 0.3 is 6.18 Å². The number of hydrogen-bond donors (Lipinski definition) is 1. The van der Waals surface area contributed by atoms with Crippen LogP contribution in [0.25, 0.3) is 0 Å². The Morgan fingerprint density at radius 1 is 1.36 bits per heavy atom. The number of hydrogen-bond acceptors (Lipinski definition) is 1. The Hall–Kier alpha value is -1.03. The predicted molar refractivity (Wildman–Crippen MR) is 48.8 cm³/mol. The number of aryl methyl sites for hydroxylation is 1. The van der Waals surface area contributed by atoms with Crippen molar-refractivity contribution in [3.05, 3.63) is 35.4 Å². The quantitative estimate of drug-likeness (QED) is 0.785. The van der Waals surface area contributed by atoms with Gasteiger partial charge in [0.05, 0.1) is 6.42 Å². The lowest BCUT2D eigenvalue weighted by atomic mass is 10.0. The average molecular weight is 203 g/mol. The highest BCUT2D eigenvalue weighted by molar-refractivity contribution is 5.24. The number of alkyl halides is 3. The zero-order chi connectivity index (χ0) is 10.8. The van der Waals surface area contributed by atoms with Gasteiger partial charge in [-0.2, -0.15) is 13.2 Å². The molecule has 0 bridgehead atoms. The Morgan fingerprint density at radius 3 is 2.50 bits per heavy atom. The van der Waals surface area contributed by atoms with Gasteiger partial charge in [-0.3, -0.25) is 0 Å². The van der Waals surface area contributed by atoms with Crippen LogP contribution in [0.3, 0.4) is 0 Å². The lowest BCUT2D eigenvalue weighted by Crippen LogP contribution is -2.20. The molecule has 0 unspecified atom stereocenters. The maximum atomic E-state index is 12.0. The highest BCUT2D eigenvalue weighted by atomic mass is 19.4. The summed E-state index contributed by atoms with van der Waals surface area (Å²) in [5, 5.41) is 0. The summed E-state index contributed by atoms with van der Waals surface area (Å²) in [4.78, 5) is 0. The van der Waals surface area contributed by atoms with Crippen molar-refractivity contribution in [3.8, 4) is 0 Å². The van der Waals surface area contributed by atoms with Crippen LogP contribution in [0.15, 0.2) is 24.3 Å². The molecule has 78 valence electrons. The van der Waals surface area contributed by atoms with E-state index in [4.69, 9.17) is 5.73 Å². The molecule has 0 aliphatic rings. The summed E-state index contributed by atoms with van der Waals surface area (Å²) < 4.78 is 36.0. The Kier molecular flexibility index (Phi) is 3.16. The molecular formula is C10H12F3N. The van der Waals surface area contributed by atoms with E-state index in [9.17, 15) is 13.2 Å². The second-order valence-electron chi connectivity index (χ2n) is 3.34. The number of benzene rings is 1. The molecule has 0 amide bonds. The fraction of sp³-hybridized carbons (Fsp3) is 0.400. The van der Waals surface area contributed by atoms with Crippen molar-refractivity contribution in [2.45, 2.75) is 25.6 Å². The van der Waals surface area contributed by atoms with Gasteiger partial charge in [-0.05, 0) is 12.5 Å². The van der Waals surface area contributed by atoms with Crippen LogP contribution in [0.4, 0.5) is 13.2 Å². The molecule has 1 aromatic rings. The van der Waals surface area contributed by atoms with Crippen LogP contribution in [0.5, 0.6) is 0 Å². The molecule has 1 rings (SSSR count). The monoisotopic (exact) mass is 203 g/mol. The molecule has 0 aliphatic carbocycles. The van der Waals surface area contributed by atoms with Crippen LogP contribution < -0.4 is 5.73 Å². The molecule has 0 saturated carbocycles. The standard InChI is InChI=1S/C10H12F3N/c1-7-3-2-4-8(5-7)9(14)6-10(11,12)13/h2-5,9H,6,14H2,1H3/t9-/m1/s1. The molecule has 1 atom stereocenters. The zero-order valence-electron chi connectivity index (χ0n) is 7.81. The highest BCUT2D eigenvalue weighted by Crippen LogP contribution is 2.27. The highest BCUT2D eigenvalue weighted by Gasteiger charge is 2.30. The molecule has 2 N–H and O–H groups in total. The van der Waals surface area contributed by atoms with Crippen LogP contribution in [0, 0.1) is 6.92 Å². The van der Waals surface area contributed by atoms with E-state index >= 15 is 0 Å². The van der Waals surface area contributed by atoms with Crippen molar-refractivity contribution >= 4 is 0 Å². The van der Waals surface area contributed by atoms with Crippen molar-refractivity contribution in [2.75, 3.05) is 0 Å². The Bertz CT molecular complexity index is 306. The Balaban J connectivity index is 2.74. The summed E-state index contributed by atoms with van der Waals surface area (Å²) in [5.74, 6) is 0. The van der Waals surface area contributed by atoms with Crippen LogP contribution >= 0.6 is 0 Å². The summed E-state index contributed by atoms with van der Waals surface area (Å²) in [5.41, 5.74) is 6.88. The van der Waals surface area contributed by atoms with E-state index < -0.39 is 18.6 Å². The zero-order valence-corrected chi connectivity index (χ0v) is 7.81. The first-order valence-electron chi connectivity index (χ1n) is 4.27. The molecule has 0 radical (unpaired) electrons. The van der Waals surface area contributed by atoms with Crippen molar-refractivity contribution in [2.24, 2.45) is 5.73 Å². The van der Waals surface area contributed by atoms with Gasteiger partial charge in [0.1, 0.15) is 0 Å². The molecule has 0 heterocycles. The smallest absolute Gasteiger partial charge is 0.324 e. The van der Waals surface area contributed by atoms with E-state index in [2.05, 4.69) is 0 Å². The van der Waals surface area contributed by atoms with Crippen molar-refractivity contribution < 1.29 is 13.2 Å². The third-order valence-corrected chi connectivity index (χ3v) is 1.92. The van der Waals surface area contributed by atoms with Gasteiger partial charge < -0.3 is 5.73 Å². The van der Waals surface area contributed by atoms with Gasteiger partial charge in [0.2, 0.25) is 0 Å². The maximum Gasteiger partial charge on any atom is 0.390 e. The number of nitrogens with two attached hydrogens (primary N) is 1. The second-order valence-corrected chi connectivity index (χ2v) is 3.34. The van der Waals surface area contributed by atoms with E-state index in [0.29, 0.717) is 5.56 Å².